The van der Waals surface area contributed by atoms with Crippen LogP contribution in [-0.2, 0) is 6.54 Å². The maximum absolute atomic E-state index is 4.05. The molecule has 0 spiro atoms. The van der Waals surface area contributed by atoms with Crippen molar-refractivity contribution in [2.45, 2.75) is 32.5 Å². The summed E-state index contributed by atoms with van der Waals surface area (Å²) in [5.74, 6) is 0. The van der Waals surface area contributed by atoms with E-state index in [-0.39, 0.29) is 0 Å². The van der Waals surface area contributed by atoms with Gasteiger partial charge >= 0.3 is 0 Å². The van der Waals surface area contributed by atoms with E-state index in [1.807, 2.05) is 24.8 Å². The lowest BCUT2D eigenvalue weighted by molar-refractivity contribution is 0.430. The molecule has 2 aromatic rings. The van der Waals surface area contributed by atoms with E-state index in [0.29, 0.717) is 12.1 Å². The van der Waals surface area contributed by atoms with E-state index >= 15 is 0 Å². The first kappa shape index (κ1) is 11.9. The van der Waals surface area contributed by atoms with Gasteiger partial charge in [0.25, 0.3) is 0 Å². The molecule has 0 aliphatic heterocycles. The zero-order valence-electron chi connectivity index (χ0n) is 10.4. The molecule has 0 saturated carbocycles. The highest BCUT2D eigenvalue weighted by Crippen LogP contribution is 2.12. The van der Waals surface area contributed by atoms with E-state index in [1.165, 1.54) is 5.56 Å². The van der Waals surface area contributed by atoms with E-state index in [1.54, 1.807) is 0 Å². The van der Waals surface area contributed by atoms with Gasteiger partial charge in [-0.05, 0) is 19.4 Å². The summed E-state index contributed by atoms with van der Waals surface area (Å²) >= 11 is 0. The zero-order valence-corrected chi connectivity index (χ0v) is 10.4. The molecular formula is C14H19N3. The van der Waals surface area contributed by atoms with Gasteiger partial charge in [0.1, 0.15) is 0 Å². The molecule has 1 heterocycles. The number of rotatable bonds is 5. The van der Waals surface area contributed by atoms with Crippen LogP contribution in [0.4, 0.5) is 0 Å². The second-order valence-electron chi connectivity index (χ2n) is 4.46. The van der Waals surface area contributed by atoms with Crippen LogP contribution in [0.5, 0.6) is 0 Å². The minimum absolute atomic E-state index is 0.370. The summed E-state index contributed by atoms with van der Waals surface area (Å²) in [5.41, 5.74) is 1.32. The molecule has 1 aromatic carbocycles. The number of hydrogen-bond acceptors (Lipinski definition) is 2. The van der Waals surface area contributed by atoms with Gasteiger partial charge in [-0.25, -0.2) is 4.98 Å². The fourth-order valence-corrected chi connectivity index (χ4v) is 2.03. The molecule has 17 heavy (non-hydrogen) atoms. The average Bonchev–Trinajstić information content (AvgIpc) is 2.82. The molecule has 0 aliphatic rings. The Labute approximate surface area is 103 Å². The van der Waals surface area contributed by atoms with Gasteiger partial charge in [0.2, 0.25) is 0 Å². The van der Waals surface area contributed by atoms with Crippen molar-refractivity contribution in [1.29, 1.82) is 0 Å². The first-order valence-electron chi connectivity index (χ1n) is 6.02. The summed E-state index contributed by atoms with van der Waals surface area (Å²) in [7, 11) is 0. The number of imidazole rings is 1. The highest BCUT2D eigenvalue weighted by atomic mass is 15.1. The van der Waals surface area contributed by atoms with Crippen LogP contribution in [0.2, 0.25) is 0 Å². The van der Waals surface area contributed by atoms with Crippen molar-refractivity contribution in [3.05, 3.63) is 54.6 Å². The Morgan fingerprint density at radius 3 is 2.65 bits per heavy atom. The Balaban J connectivity index is 1.88. The largest absolute Gasteiger partial charge is 0.336 e. The molecule has 0 radical (unpaired) electrons. The SMILES string of the molecule is CC(Cn1ccnc1)NC(C)c1ccccc1. The number of nitrogens with zero attached hydrogens (tertiary/aromatic N) is 2. The van der Waals surface area contributed by atoms with Crippen LogP contribution in [0, 0.1) is 0 Å². The molecule has 1 aromatic heterocycles. The molecule has 0 saturated heterocycles. The third kappa shape index (κ3) is 3.43. The third-order valence-corrected chi connectivity index (χ3v) is 2.88. The smallest absolute Gasteiger partial charge is 0.0946 e. The molecule has 0 fully saturated rings. The fourth-order valence-electron chi connectivity index (χ4n) is 2.03. The quantitative estimate of drug-likeness (QED) is 0.854. The first-order valence-corrected chi connectivity index (χ1v) is 6.02. The standard InChI is InChI=1S/C14H19N3/c1-12(10-17-9-8-15-11-17)16-13(2)14-6-4-3-5-7-14/h3-9,11-13,16H,10H2,1-2H3. The summed E-state index contributed by atoms with van der Waals surface area (Å²) in [5, 5.41) is 3.59. The van der Waals surface area contributed by atoms with E-state index in [9.17, 15) is 0 Å². The Kier molecular flexibility index (Phi) is 3.94. The summed E-state index contributed by atoms with van der Waals surface area (Å²) in [4.78, 5) is 4.05. The third-order valence-electron chi connectivity index (χ3n) is 2.88. The molecule has 2 rings (SSSR count). The molecule has 0 aliphatic carbocycles. The number of hydrogen-bond donors (Lipinski definition) is 1. The highest BCUT2D eigenvalue weighted by molar-refractivity contribution is 5.18. The van der Waals surface area contributed by atoms with Gasteiger partial charge in [-0.15, -0.1) is 0 Å². The summed E-state index contributed by atoms with van der Waals surface area (Å²) in [6.45, 7) is 5.33. The monoisotopic (exact) mass is 229 g/mol. The minimum Gasteiger partial charge on any atom is -0.336 e. The molecule has 1 N–H and O–H groups in total. The molecule has 2 unspecified atom stereocenters. The molecule has 2 atom stereocenters. The molecule has 90 valence electrons. The van der Waals surface area contributed by atoms with Crippen LogP contribution in [-0.4, -0.2) is 15.6 Å². The van der Waals surface area contributed by atoms with E-state index in [4.69, 9.17) is 0 Å². The maximum Gasteiger partial charge on any atom is 0.0946 e. The highest BCUT2D eigenvalue weighted by Gasteiger charge is 2.09. The zero-order chi connectivity index (χ0) is 12.1. The molecule has 3 nitrogen and oxygen atoms in total. The van der Waals surface area contributed by atoms with Crippen molar-refractivity contribution in [3.8, 4) is 0 Å². The lowest BCUT2D eigenvalue weighted by Gasteiger charge is -2.20. The van der Waals surface area contributed by atoms with Gasteiger partial charge in [0.15, 0.2) is 0 Å². The molecule has 0 amide bonds. The van der Waals surface area contributed by atoms with E-state index < -0.39 is 0 Å². The normalized spacial score (nSPS) is 14.5. The molecule has 0 bridgehead atoms. The van der Waals surface area contributed by atoms with Crippen molar-refractivity contribution < 1.29 is 0 Å². The maximum atomic E-state index is 4.05. The van der Waals surface area contributed by atoms with Crippen molar-refractivity contribution in [2.24, 2.45) is 0 Å². The average molecular weight is 229 g/mol. The summed E-state index contributed by atoms with van der Waals surface area (Å²) in [6, 6.07) is 11.3. The van der Waals surface area contributed by atoms with E-state index in [0.717, 1.165) is 6.54 Å². The molecule has 3 heteroatoms. The summed E-state index contributed by atoms with van der Waals surface area (Å²) < 4.78 is 2.09. The Hall–Kier alpha value is -1.61. The van der Waals surface area contributed by atoms with Crippen molar-refractivity contribution in [3.63, 3.8) is 0 Å². The van der Waals surface area contributed by atoms with Crippen LogP contribution in [0.25, 0.3) is 0 Å². The second kappa shape index (κ2) is 5.64. The topological polar surface area (TPSA) is 29.9 Å². The Morgan fingerprint density at radius 1 is 1.24 bits per heavy atom. The Morgan fingerprint density at radius 2 is 2.00 bits per heavy atom. The lowest BCUT2D eigenvalue weighted by atomic mass is 10.1. The molecular weight excluding hydrogens is 210 g/mol. The van der Waals surface area contributed by atoms with Gasteiger partial charge in [0.05, 0.1) is 6.33 Å². The van der Waals surface area contributed by atoms with Gasteiger partial charge in [0, 0.05) is 31.0 Å². The first-order chi connectivity index (χ1) is 8.25. The lowest BCUT2D eigenvalue weighted by Crippen LogP contribution is -2.32. The van der Waals surface area contributed by atoms with Crippen LogP contribution in [0.3, 0.4) is 0 Å². The predicted molar refractivity (Wildman–Crippen MR) is 69.7 cm³/mol. The van der Waals surface area contributed by atoms with Gasteiger partial charge in [-0.1, -0.05) is 30.3 Å². The van der Waals surface area contributed by atoms with Crippen LogP contribution in [0.15, 0.2) is 49.1 Å². The number of nitrogens with one attached hydrogen (secondary N) is 1. The number of benzene rings is 1. The fraction of sp³-hybridized carbons (Fsp3) is 0.357. The van der Waals surface area contributed by atoms with Crippen molar-refractivity contribution >= 4 is 0 Å². The van der Waals surface area contributed by atoms with E-state index in [2.05, 4.69) is 53.0 Å². The van der Waals surface area contributed by atoms with Crippen LogP contribution < -0.4 is 5.32 Å². The van der Waals surface area contributed by atoms with Crippen molar-refractivity contribution in [1.82, 2.24) is 14.9 Å². The minimum atomic E-state index is 0.370. The van der Waals surface area contributed by atoms with Crippen molar-refractivity contribution in [2.75, 3.05) is 0 Å². The van der Waals surface area contributed by atoms with Gasteiger partial charge in [-0.3, -0.25) is 0 Å². The van der Waals surface area contributed by atoms with Crippen LogP contribution in [0.1, 0.15) is 25.5 Å². The van der Waals surface area contributed by atoms with Gasteiger partial charge in [-0.2, -0.15) is 0 Å². The van der Waals surface area contributed by atoms with Crippen LogP contribution >= 0.6 is 0 Å². The Bertz CT molecular complexity index is 422. The second-order valence-corrected chi connectivity index (χ2v) is 4.46. The van der Waals surface area contributed by atoms with Gasteiger partial charge < -0.3 is 9.88 Å². The number of aromatic nitrogens is 2. The summed E-state index contributed by atoms with van der Waals surface area (Å²) in [6.07, 6.45) is 5.66. The predicted octanol–water partition coefficient (Wildman–Crippen LogP) is 2.62.